The molecule has 1 aromatic heterocycles. The quantitative estimate of drug-likeness (QED) is 0.813. The summed E-state index contributed by atoms with van der Waals surface area (Å²) in [5.74, 6) is 1.88. The highest BCUT2D eigenvalue weighted by Crippen LogP contribution is 2.16. The second-order valence-corrected chi connectivity index (χ2v) is 6.26. The molecule has 1 fully saturated rings. The summed E-state index contributed by atoms with van der Waals surface area (Å²) in [6, 6.07) is 0. The average molecular weight is 322 g/mol. The minimum atomic E-state index is -0.444. The van der Waals surface area contributed by atoms with E-state index in [2.05, 4.69) is 21.7 Å². The molecule has 3 heterocycles. The Bertz CT molecular complexity index is 539. The Balaban J connectivity index is 1.51. The molecule has 0 radical (unpaired) electrons. The maximum absolute atomic E-state index is 12.6. The SMILES string of the molecule is CCc1nnc2n1CCN(C(=O)[C@H](C)OC[C@H]1CCCCO1)C2. The summed E-state index contributed by atoms with van der Waals surface area (Å²) < 4.78 is 13.5. The molecule has 23 heavy (non-hydrogen) atoms. The Morgan fingerprint density at radius 2 is 2.26 bits per heavy atom. The summed E-state index contributed by atoms with van der Waals surface area (Å²) >= 11 is 0. The van der Waals surface area contributed by atoms with Gasteiger partial charge in [-0.3, -0.25) is 4.79 Å². The van der Waals surface area contributed by atoms with Crippen molar-refractivity contribution >= 4 is 5.91 Å². The van der Waals surface area contributed by atoms with Crippen LogP contribution in [0.1, 0.15) is 44.8 Å². The topological polar surface area (TPSA) is 69.5 Å². The van der Waals surface area contributed by atoms with Crippen molar-refractivity contribution in [3.63, 3.8) is 0 Å². The van der Waals surface area contributed by atoms with Crippen molar-refractivity contribution in [1.29, 1.82) is 0 Å². The van der Waals surface area contributed by atoms with E-state index in [1.54, 1.807) is 0 Å². The number of aromatic nitrogens is 3. The molecule has 0 aromatic carbocycles. The first kappa shape index (κ1) is 16.4. The number of amides is 1. The van der Waals surface area contributed by atoms with Crippen LogP contribution in [0.15, 0.2) is 0 Å². The summed E-state index contributed by atoms with van der Waals surface area (Å²) in [6.07, 6.45) is 3.88. The largest absolute Gasteiger partial charge is 0.376 e. The van der Waals surface area contributed by atoms with Crippen molar-refractivity contribution in [3.8, 4) is 0 Å². The molecule has 128 valence electrons. The molecule has 7 nitrogen and oxygen atoms in total. The molecule has 0 unspecified atom stereocenters. The summed E-state index contributed by atoms with van der Waals surface area (Å²) in [5, 5.41) is 8.38. The van der Waals surface area contributed by atoms with Crippen LogP contribution in [0.4, 0.5) is 0 Å². The molecule has 0 bridgehead atoms. The van der Waals surface area contributed by atoms with E-state index in [4.69, 9.17) is 9.47 Å². The van der Waals surface area contributed by atoms with Gasteiger partial charge in [-0.1, -0.05) is 6.92 Å². The fourth-order valence-electron chi connectivity index (χ4n) is 3.19. The number of hydrogen-bond acceptors (Lipinski definition) is 5. The highest BCUT2D eigenvalue weighted by molar-refractivity contribution is 5.80. The Kier molecular flexibility index (Phi) is 5.27. The van der Waals surface area contributed by atoms with Crippen LogP contribution in [0.2, 0.25) is 0 Å². The van der Waals surface area contributed by atoms with Crippen LogP contribution in [-0.4, -0.2) is 57.5 Å². The van der Waals surface area contributed by atoms with Crippen molar-refractivity contribution in [2.45, 2.75) is 64.8 Å². The minimum absolute atomic E-state index is 0.0214. The standard InChI is InChI=1S/C16H26N4O3/c1-3-14-17-18-15-10-19(7-8-20(14)15)16(21)12(2)23-11-13-6-4-5-9-22-13/h12-13H,3-11H2,1-2H3/t12-,13+/m0/s1. The first-order valence-corrected chi connectivity index (χ1v) is 8.62. The van der Waals surface area contributed by atoms with Crippen molar-refractivity contribution in [2.75, 3.05) is 19.8 Å². The molecular formula is C16H26N4O3. The van der Waals surface area contributed by atoms with Crippen LogP contribution < -0.4 is 0 Å². The minimum Gasteiger partial charge on any atom is -0.376 e. The third-order valence-corrected chi connectivity index (χ3v) is 4.61. The van der Waals surface area contributed by atoms with E-state index >= 15 is 0 Å². The number of nitrogens with zero attached hydrogens (tertiary/aromatic N) is 4. The number of ether oxygens (including phenoxy) is 2. The Labute approximate surface area is 137 Å². The molecule has 2 atom stereocenters. The predicted molar refractivity (Wildman–Crippen MR) is 83.8 cm³/mol. The second kappa shape index (κ2) is 7.40. The van der Waals surface area contributed by atoms with Gasteiger partial charge >= 0.3 is 0 Å². The van der Waals surface area contributed by atoms with Crippen molar-refractivity contribution < 1.29 is 14.3 Å². The molecule has 0 saturated carbocycles. The van der Waals surface area contributed by atoms with Gasteiger partial charge in [-0.2, -0.15) is 0 Å². The number of aryl methyl sites for hydroxylation is 1. The van der Waals surface area contributed by atoms with Crippen molar-refractivity contribution in [2.24, 2.45) is 0 Å². The van der Waals surface area contributed by atoms with Crippen LogP contribution in [0.5, 0.6) is 0 Å². The van der Waals surface area contributed by atoms with Gasteiger partial charge in [-0.15, -0.1) is 10.2 Å². The summed E-state index contributed by atoms with van der Waals surface area (Å²) in [5.41, 5.74) is 0. The molecule has 0 N–H and O–H groups in total. The average Bonchev–Trinajstić information content (AvgIpc) is 3.02. The van der Waals surface area contributed by atoms with Gasteiger partial charge in [0.1, 0.15) is 11.9 Å². The van der Waals surface area contributed by atoms with Crippen LogP contribution in [-0.2, 0) is 33.8 Å². The van der Waals surface area contributed by atoms with E-state index in [0.29, 0.717) is 19.7 Å². The Morgan fingerprint density at radius 3 is 3.00 bits per heavy atom. The number of carbonyl (C=O) groups excluding carboxylic acids is 1. The van der Waals surface area contributed by atoms with E-state index < -0.39 is 6.10 Å². The van der Waals surface area contributed by atoms with Gasteiger partial charge in [-0.05, 0) is 26.2 Å². The van der Waals surface area contributed by atoms with Gasteiger partial charge < -0.3 is 18.9 Å². The first-order chi connectivity index (χ1) is 11.2. The van der Waals surface area contributed by atoms with Crippen LogP contribution in [0.3, 0.4) is 0 Å². The van der Waals surface area contributed by atoms with E-state index in [1.807, 2.05) is 11.8 Å². The fraction of sp³-hybridized carbons (Fsp3) is 0.812. The van der Waals surface area contributed by atoms with Gasteiger partial charge in [0.15, 0.2) is 5.82 Å². The van der Waals surface area contributed by atoms with Crippen molar-refractivity contribution in [3.05, 3.63) is 11.6 Å². The lowest BCUT2D eigenvalue weighted by Gasteiger charge is -2.30. The fourth-order valence-corrected chi connectivity index (χ4v) is 3.19. The molecular weight excluding hydrogens is 296 g/mol. The smallest absolute Gasteiger partial charge is 0.251 e. The zero-order chi connectivity index (χ0) is 16.2. The Hall–Kier alpha value is -1.47. The third-order valence-electron chi connectivity index (χ3n) is 4.61. The maximum atomic E-state index is 12.6. The van der Waals surface area contributed by atoms with Gasteiger partial charge in [0.05, 0.1) is 19.3 Å². The molecule has 1 aromatic rings. The molecule has 0 aliphatic carbocycles. The van der Waals surface area contributed by atoms with Crippen LogP contribution in [0.25, 0.3) is 0 Å². The number of fused-ring (bicyclic) bond motifs is 1. The molecule has 7 heteroatoms. The van der Waals surface area contributed by atoms with Gasteiger partial charge in [-0.25, -0.2) is 0 Å². The number of carbonyl (C=O) groups is 1. The zero-order valence-corrected chi connectivity index (χ0v) is 14.0. The van der Waals surface area contributed by atoms with E-state index in [1.165, 1.54) is 6.42 Å². The number of hydrogen-bond donors (Lipinski definition) is 0. The second-order valence-electron chi connectivity index (χ2n) is 6.26. The molecule has 1 saturated heterocycles. The van der Waals surface area contributed by atoms with Crippen LogP contribution >= 0.6 is 0 Å². The van der Waals surface area contributed by atoms with Crippen LogP contribution in [0, 0.1) is 0 Å². The lowest BCUT2D eigenvalue weighted by molar-refractivity contribution is -0.147. The highest BCUT2D eigenvalue weighted by Gasteiger charge is 2.28. The summed E-state index contributed by atoms with van der Waals surface area (Å²) in [6.45, 7) is 7.15. The highest BCUT2D eigenvalue weighted by atomic mass is 16.5. The van der Waals surface area contributed by atoms with E-state index in [9.17, 15) is 4.79 Å². The molecule has 3 rings (SSSR count). The maximum Gasteiger partial charge on any atom is 0.251 e. The summed E-state index contributed by atoms with van der Waals surface area (Å²) in [4.78, 5) is 14.4. The first-order valence-electron chi connectivity index (χ1n) is 8.62. The lowest BCUT2D eigenvalue weighted by atomic mass is 10.1. The van der Waals surface area contributed by atoms with Gasteiger partial charge in [0, 0.05) is 26.1 Å². The number of rotatable bonds is 5. The third kappa shape index (κ3) is 3.72. The molecule has 1 amide bonds. The lowest BCUT2D eigenvalue weighted by Crippen LogP contribution is -2.44. The zero-order valence-electron chi connectivity index (χ0n) is 14.0. The monoisotopic (exact) mass is 322 g/mol. The predicted octanol–water partition coefficient (Wildman–Crippen LogP) is 1.16. The Morgan fingerprint density at radius 1 is 1.39 bits per heavy atom. The molecule has 2 aliphatic heterocycles. The van der Waals surface area contributed by atoms with E-state index in [-0.39, 0.29) is 12.0 Å². The van der Waals surface area contributed by atoms with E-state index in [0.717, 1.165) is 44.1 Å². The molecule has 2 aliphatic rings. The van der Waals surface area contributed by atoms with Crippen molar-refractivity contribution in [1.82, 2.24) is 19.7 Å². The summed E-state index contributed by atoms with van der Waals surface area (Å²) in [7, 11) is 0. The van der Waals surface area contributed by atoms with Gasteiger partial charge in [0.2, 0.25) is 0 Å². The molecule has 0 spiro atoms. The van der Waals surface area contributed by atoms with Gasteiger partial charge in [0.25, 0.3) is 5.91 Å². The normalized spacial score (nSPS) is 22.7.